The molecule has 4 N–H and O–H groups in total. The van der Waals surface area contributed by atoms with Gasteiger partial charge in [0, 0.05) is 17.5 Å². The van der Waals surface area contributed by atoms with Crippen LogP contribution < -0.4 is 24.9 Å². The van der Waals surface area contributed by atoms with E-state index in [4.69, 9.17) is 36.4 Å². The normalized spacial score (nSPS) is 11.5. The number of aryl methyl sites for hydroxylation is 1. The van der Waals surface area contributed by atoms with Crippen LogP contribution in [0.3, 0.4) is 0 Å². The van der Waals surface area contributed by atoms with Crippen molar-refractivity contribution in [3.8, 4) is 17.2 Å². The zero-order valence-electron chi connectivity index (χ0n) is 18.0. The predicted octanol–water partition coefficient (Wildman–Crippen LogP) is 2.55. The molecule has 0 aliphatic rings. The smallest absolute Gasteiger partial charge is 0.353 e. The number of benzene rings is 2. The van der Waals surface area contributed by atoms with Gasteiger partial charge >= 0.3 is 16.1 Å². The van der Waals surface area contributed by atoms with Gasteiger partial charge in [0.15, 0.2) is 5.90 Å². The lowest BCUT2D eigenvalue weighted by molar-refractivity contribution is -0.146. The first-order valence-electron chi connectivity index (χ1n) is 9.44. The molecule has 13 heteroatoms. The van der Waals surface area contributed by atoms with E-state index in [2.05, 4.69) is 9.83 Å². The fourth-order valence-corrected chi connectivity index (χ4v) is 3.83. The largest absolute Gasteiger partial charge is 0.495 e. The minimum absolute atomic E-state index is 0.00690. The summed E-state index contributed by atoms with van der Waals surface area (Å²) in [6.07, 6.45) is 0.329. The number of nitrogens with zero attached hydrogens (tertiary/aromatic N) is 1. The minimum Gasteiger partial charge on any atom is -0.495 e. The highest BCUT2D eigenvalue weighted by Gasteiger charge is 2.23. The maximum Gasteiger partial charge on any atom is 0.353 e. The Morgan fingerprint density at radius 3 is 2.55 bits per heavy atom. The van der Waals surface area contributed by atoms with Crippen molar-refractivity contribution < 1.29 is 31.7 Å². The summed E-state index contributed by atoms with van der Waals surface area (Å²) in [6, 6.07) is 8.66. The third kappa shape index (κ3) is 7.84. The van der Waals surface area contributed by atoms with Crippen molar-refractivity contribution in [2.75, 3.05) is 13.7 Å². The first-order chi connectivity index (χ1) is 15.5. The van der Waals surface area contributed by atoms with E-state index >= 15 is 0 Å². The molecule has 0 heterocycles. The quantitative estimate of drug-likeness (QED) is 0.215. The molecule has 2 aromatic carbocycles. The third-order valence-electron chi connectivity index (χ3n) is 3.82. The number of hydroxylamine groups is 1. The lowest BCUT2D eigenvalue weighted by atomic mass is 10.2. The first kappa shape index (κ1) is 25.7. The van der Waals surface area contributed by atoms with Gasteiger partial charge in [0.05, 0.1) is 7.11 Å². The maximum atomic E-state index is 12.8. The third-order valence-corrected chi connectivity index (χ3v) is 5.33. The zero-order chi connectivity index (χ0) is 24.6. The monoisotopic (exact) mass is 498 g/mol. The second-order valence-corrected chi connectivity index (χ2v) is 8.42. The van der Waals surface area contributed by atoms with Crippen LogP contribution in [0.1, 0.15) is 18.9 Å². The number of nitrogens with one attached hydrogen (secondary N) is 2. The Bertz CT molecular complexity index is 1170. The Labute approximate surface area is 196 Å². The van der Waals surface area contributed by atoms with Crippen LogP contribution in [0.4, 0.5) is 0 Å². The molecule has 178 valence electrons. The highest BCUT2D eigenvalue weighted by Crippen LogP contribution is 2.31. The van der Waals surface area contributed by atoms with Crippen molar-refractivity contribution in [2.24, 2.45) is 10.7 Å². The van der Waals surface area contributed by atoms with Crippen LogP contribution in [-0.2, 0) is 19.8 Å². The molecular formula is C20H23ClN4O7S. The summed E-state index contributed by atoms with van der Waals surface area (Å²) in [5.41, 5.74) is 7.58. The number of rotatable bonds is 8. The lowest BCUT2D eigenvalue weighted by Crippen LogP contribution is -2.33. The van der Waals surface area contributed by atoms with Crippen molar-refractivity contribution in [1.29, 1.82) is 5.41 Å². The topological polar surface area (TPSA) is 162 Å². The number of carbonyl (C=O) groups excluding carboxylic acids is 1. The Balaban J connectivity index is 2.21. The number of guanidine groups is 1. The van der Waals surface area contributed by atoms with E-state index in [-0.39, 0.29) is 39.6 Å². The first-order valence-corrected chi connectivity index (χ1v) is 11.2. The summed E-state index contributed by atoms with van der Waals surface area (Å²) in [7, 11) is -2.94. The minimum atomic E-state index is -4.27. The van der Waals surface area contributed by atoms with E-state index < -0.39 is 22.0 Å². The van der Waals surface area contributed by atoms with Crippen molar-refractivity contribution >= 4 is 39.5 Å². The Morgan fingerprint density at radius 1 is 1.21 bits per heavy atom. The average Bonchev–Trinajstić information content (AvgIpc) is 2.74. The molecule has 2 rings (SSSR count). The number of halogens is 1. The highest BCUT2D eigenvalue weighted by molar-refractivity contribution is 7.87. The number of nitrogens with two attached hydrogens (primary N) is 1. The van der Waals surface area contributed by atoms with Crippen molar-refractivity contribution in [1.82, 2.24) is 5.48 Å². The SMILES string of the molecule is CCC(=NCC(=O)ONC(=N)N)Oc1cc(C)cc(OS(=O)(=O)c2cc(Cl)ccc2OC)c1. The molecular weight excluding hydrogens is 476 g/mol. The molecule has 11 nitrogen and oxygen atoms in total. The molecule has 0 aliphatic carbocycles. The second kappa shape index (κ2) is 11.4. The zero-order valence-corrected chi connectivity index (χ0v) is 19.6. The van der Waals surface area contributed by atoms with Crippen molar-refractivity contribution in [3.05, 3.63) is 47.0 Å². The number of hydrogen-bond donors (Lipinski definition) is 3. The van der Waals surface area contributed by atoms with Crippen LogP contribution in [0, 0.1) is 12.3 Å². The van der Waals surface area contributed by atoms with E-state index in [0.29, 0.717) is 12.0 Å². The number of methoxy groups -OCH3 is 1. The van der Waals surface area contributed by atoms with Crippen LogP contribution in [0.5, 0.6) is 17.2 Å². The number of ether oxygens (including phenoxy) is 2. The summed E-state index contributed by atoms with van der Waals surface area (Å²) in [6.45, 7) is 3.09. The summed E-state index contributed by atoms with van der Waals surface area (Å²) in [5, 5.41) is 7.14. The molecule has 33 heavy (non-hydrogen) atoms. The molecule has 0 atom stereocenters. The van der Waals surface area contributed by atoms with E-state index in [1.807, 2.05) is 5.48 Å². The summed E-state index contributed by atoms with van der Waals surface area (Å²) >= 11 is 5.93. The van der Waals surface area contributed by atoms with E-state index in [9.17, 15) is 13.2 Å². The molecule has 0 saturated heterocycles. The van der Waals surface area contributed by atoms with Gasteiger partial charge < -0.3 is 24.2 Å². The van der Waals surface area contributed by atoms with E-state index in [0.717, 1.165) is 0 Å². The van der Waals surface area contributed by atoms with Gasteiger partial charge in [-0.3, -0.25) is 5.41 Å². The van der Waals surface area contributed by atoms with Gasteiger partial charge in [0.1, 0.15) is 28.7 Å². The highest BCUT2D eigenvalue weighted by atomic mass is 35.5. The van der Waals surface area contributed by atoms with Crippen LogP contribution >= 0.6 is 11.6 Å². The van der Waals surface area contributed by atoms with Crippen molar-refractivity contribution in [2.45, 2.75) is 25.2 Å². The molecule has 0 bridgehead atoms. The summed E-state index contributed by atoms with van der Waals surface area (Å²) in [5.74, 6) is -0.811. The molecule has 0 saturated carbocycles. The van der Waals surface area contributed by atoms with Gasteiger partial charge in [-0.05, 0) is 42.8 Å². The van der Waals surface area contributed by atoms with Crippen LogP contribution in [0.25, 0.3) is 0 Å². The second-order valence-electron chi connectivity index (χ2n) is 6.47. The fraction of sp³-hybridized carbons (Fsp3) is 0.250. The molecule has 2 aromatic rings. The predicted molar refractivity (Wildman–Crippen MR) is 121 cm³/mol. The number of carbonyl (C=O) groups is 1. The molecule has 0 unspecified atom stereocenters. The molecule has 0 spiro atoms. The van der Waals surface area contributed by atoms with Gasteiger partial charge in [-0.15, -0.1) is 0 Å². The molecule has 0 radical (unpaired) electrons. The molecule has 0 amide bonds. The van der Waals surface area contributed by atoms with Gasteiger partial charge in [-0.25, -0.2) is 9.79 Å². The van der Waals surface area contributed by atoms with Gasteiger partial charge in [-0.2, -0.15) is 13.9 Å². The van der Waals surface area contributed by atoms with Crippen LogP contribution in [0.2, 0.25) is 5.02 Å². The van der Waals surface area contributed by atoms with Gasteiger partial charge in [0.25, 0.3) is 0 Å². The average molecular weight is 499 g/mol. The Kier molecular flexibility index (Phi) is 8.88. The lowest BCUT2D eigenvalue weighted by Gasteiger charge is -2.13. The Hall–Kier alpha value is -3.51. The van der Waals surface area contributed by atoms with E-state index in [1.54, 1.807) is 19.9 Å². The Morgan fingerprint density at radius 2 is 1.91 bits per heavy atom. The van der Waals surface area contributed by atoms with E-state index in [1.165, 1.54) is 37.4 Å². The van der Waals surface area contributed by atoms with Crippen molar-refractivity contribution in [3.63, 3.8) is 0 Å². The number of hydrogen-bond acceptors (Lipinski definition) is 9. The van der Waals surface area contributed by atoms with Gasteiger partial charge in [-0.1, -0.05) is 18.5 Å². The van der Waals surface area contributed by atoms with Crippen LogP contribution in [-0.4, -0.2) is 39.9 Å². The standard InChI is InChI=1S/C20H23ClN4O7S/c1-4-18(24-11-19(26)31-25-20(22)23)30-14-7-12(2)8-15(10-14)32-33(27,28)17-9-13(21)5-6-16(17)29-3/h5-10H,4,11H2,1-3H3,(H4,22,23,25). The summed E-state index contributed by atoms with van der Waals surface area (Å²) in [4.78, 5) is 19.9. The van der Waals surface area contributed by atoms with Gasteiger partial charge in [0.2, 0.25) is 5.96 Å². The summed E-state index contributed by atoms with van der Waals surface area (Å²) < 4.78 is 41.7. The van der Waals surface area contributed by atoms with Crippen LogP contribution in [0.15, 0.2) is 46.3 Å². The molecule has 0 aromatic heterocycles. The fourth-order valence-electron chi connectivity index (χ4n) is 2.49. The maximum absolute atomic E-state index is 12.8. The number of aliphatic imine (C=N–C) groups is 1. The molecule has 0 aliphatic heterocycles. The molecule has 0 fully saturated rings.